The topological polar surface area (TPSA) is 237 Å². The molecule has 0 aliphatic rings. The number of aliphatic hydroxyl groups excluding tert-OH is 1. The van der Waals surface area contributed by atoms with Crippen LogP contribution in [0.4, 0.5) is 0 Å². The van der Waals surface area contributed by atoms with E-state index in [1.807, 2.05) is 0 Å². The first-order chi connectivity index (χ1) is 46.7. The highest BCUT2D eigenvalue weighted by Crippen LogP contribution is 2.45. The van der Waals surface area contributed by atoms with E-state index in [1.54, 1.807) is 0 Å². The van der Waals surface area contributed by atoms with Crippen molar-refractivity contribution in [2.45, 2.75) is 354 Å². The summed E-state index contributed by atoms with van der Waals surface area (Å²) in [7, 11) is -9.94. The van der Waals surface area contributed by atoms with Gasteiger partial charge >= 0.3 is 39.5 Å². The van der Waals surface area contributed by atoms with Crippen molar-refractivity contribution in [1.29, 1.82) is 0 Å². The minimum Gasteiger partial charge on any atom is -0.462 e. The van der Waals surface area contributed by atoms with Crippen molar-refractivity contribution >= 4 is 39.5 Å². The maximum absolute atomic E-state index is 13.1. The number of esters is 4. The predicted molar refractivity (Wildman–Crippen MR) is 390 cm³/mol. The van der Waals surface area contributed by atoms with Crippen molar-refractivity contribution in [3.8, 4) is 0 Å². The molecule has 3 N–H and O–H groups in total. The van der Waals surface area contributed by atoms with Crippen LogP contribution in [0.1, 0.15) is 336 Å². The molecule has 5 atom stereocenters. The normalized spacial score (nSPS) is 14.4. The molecule has 0 aromatic carbocycles. The van der Waals surface area contributed by atoms with Crippen LogP contribution >= 0.6 is 15.6 Å². The third-order valence-electron chi connectivity index (χ3n) is 16.2. The highest BCUT2D eigenvalue weighted by molar-refractivity contribution is 7.47. The van der Waals surface area contributed by atoms with E-state index >= 15 is 0 Å². The monoisotopic (exact) mass is 1400 g/mol. The Bertz CT molecular complexity index is 2110. The molecule has 0 fully saturated rings. The molecule has 0 saturated heterocycles. The molecule has 0 rings (SSSR count). The van der Waals surface area contributed by atoms with Gasteiger partial charge < -0.3 is 33.8 Å². The van der Waals surface area contributed by atoms with Crippen LogP contribution in [-0.2, 0) is 65.4 Å². The van der Waals surface area contributed by atoms with E-state index in [-0.39, 0.29) is 25.7 Å². The SMILES string of the molecule is CC/C=C\C/C=C\C/C=C\CCCCCCCC(=O)OCC(COP(=O)(O)OCC(O)COP(=O)(O)OCC(COC(=O)CCCCCCC/C=C\C/C=C\CCCCC)OC(=O)CCCCCCCCCCCCCCCCC)OC(=O)CCCCCCC/C=C\CCCC. The van der Waals surface area contributed by atoms with Crippen LogP contribution in [-0.4, -0.2) is 96.7 Å². The van der Waals surface area contributed by atoms with Crippen molar-refractivity contribution in [2.24, 2.45) is 0 Å². The first kappa shape index (κ1) is 92.5. The Kier molecular flexibility index (Phi) is 67.4. The smallest absolute Gasteiger partial charge is 0.462 e. The van der Waals surface area contributed by atoms with Gasteiger partial charge in [0.1, 0.15) is 19.3 Å². The number of phosphoric ester groups is 2. The summed E-state index contributed by atoms with van der Waals surface area (Å²) in [6, 6.07) is 0. The zero-order valence-corrected chi connectivity index (χ0v) is 62.6. The molecule has 0 saturated carbocycles. The zero-order chi connectivity index (χ0) is 70.4. The molecule has 96 heavy (non-hydrogen) atoms. The fourth-order valence-corrected chi connectivity index (χ4v) is 11.9. The molecule has 19 heteroatoms. The zero-order valence-electron chi connectivity index (χ0n) is 60.8. The first-order valence-electron chi connectivity index (χ1n) is 38.2. The van der Waals surface area contributed by atoms with Crippen LogP contribution in [0.3, 0.4) is 0 Å². The molecule has 5 unspecified atom stereocenters. The van der Waals surface area contributed by atoms with Gasteiger partial charge in [-0.3, -0.25) is 37.3 Å². The van der Waals surface area contributed by atoms with E-state index in [2.05, 4.69) is 101 Å². The van der Waals surface area contributed by atoms with Crippen molar-refractivity contribution < 1.29 is 80.2 Å². The van der Waals surface area contributed by atoms with Crippen LogP contribution in [0.25, 0.3) is 0 Å². The van der Waals surface area contributed by atoms with Crippen molar-refractivity contribution in [3.63, 3.8) is 0 Å². The Morgan fingerprint density at radius 2 is 0.552 bits per heavy atom. The van der Waals surface area contributed by atoms with Crippen LogP contribution in [0.15, 0.2) is 72.9 Å². The summed E-state index contributed by atoms with van der Waals surface area (Å²) in [5.41, 5.74) is 0. The average Bonchev–Trinajstić information content (AvgIpc) is 1.11. The first-order valence-corrected chi connectivity index (χ1v) is 41.2. The standard InChI is InChI=1S/C77H138O17P2/c1-5-9-13-17-21-25-29-32-35-38-42-45-49-53-57-61-74(79)87-67-72(93-76(81)63-59-55-51-47-41-28-24-20-16-12-8-4)69-91-95(83,84)89-65-71(78)66-90-96(85,86)92-70-73(94-77(82)64-60-56-52-48-44-40-37-34-31-27-23-19-15-11-7-3)68-88-75(80)62-58-54-50-46-43-39-36-33-30-26-22-18-14-10-6-2/h9,13,20-22,24-26,32-33,35-36,71-73,78H,5-8,10-12,14-19,23,27-31,34,37-70H2,1-4H3,(H,83,84)(H,85,86)/b13-9-,24-20-,25-21-,26-22-,35-32-,36-33-. The summed E-state index contributed by atoms with van der Waals surface area (Å²) in [6.07, 6.45) is 68.9. The molecule has 0 aliphatic heterocycles. The number of hydrogen-bond donors (Lipinski definition) is 3. The Labute approximate surface area is 583 Å². The van der Waals surface area contributed by atoms with E-state index in [1.165, 1.54) is 96.3 Å². The highest BCUT2D eigenvalue weighted by atomic mass is 31.2. The van der Waals surface area contributed by atoms with E-state index in [4.69, 9.17) is 37.0 Å². The van der Waals surface area contributed by atoms with Gasteiger partial charge in [0.05, 0.1) is 26.4 Å². The minimum atomic E-state index is -4.97. The lowest BCUT2D eigenvalue weighted by molar-refractivity contribution is -0.161. The van der Waals surface area contributed by atoms with Crippen molar-refractivity contribution in [1.82, 2.24) is 0 Å². The Hall–Kier alpha value is -3.50. The summed E-state index contributed by atoms with van der Waals surface area (Å²) in [6.45, 7) is 4.69. The third-order valence-corrected chi connectivity index (χ3v) is 18.1. The van der Waals surface area contributed by atoms with Gasteiger partial charge in [-0.15, -0.1) is 0 Å². The lowest BCUT2D eigenvalue weighted by Gasteiger charge is -2.21. The summed E-state index contributed by atoms with van der Waals surface area (Å²) in [5, 5.41) is 10.6. The molecule has 0 radical (unpaired) electrons. The van der Waals surface area contributed by atoms with Gasteiger partial charge in [0.2, 0.25) is 0 Å². The number of ether oxygens (including phenoxy) is 4. The van der Waals surface area contributed by atoms with Gasteiger partial charge in [-0.25, -0.2) is 9.13 Å². The molecule has 0 aliphatic carbocycles. The van der Waals surface area contributed by atoms with Crippen LogP contribution in [0.2, 0.25) is 0 Å². The molecule has 0 amide bonds. The predicted octanol–water partition coefficient (Wildman–Crippen LogP) is 21.7. The molecule has 558 valence electrons. The Morgan fingerprint density at radius 3 is 0.896 bits per heavy atom. The van der Waals surface area contributed by atoms with Gasteiger partial charge in [0.25, 0.3) is 0 Å². The second kappa shape index (κ2) is 70.0. The number of phosphoric acid groups is 2. The van der Waals surface area contributed by atoms with Gasteiger partial charge in [-0.2, -0.15) is 0 Å². The summed E-state index contributed by atoms with van der Waals surface area (Å²) >= 11 is 0. The second-order valence-corrected chi connectivity index (χ2v) is 28.5. The minimum absolute atomic E-state index is 0.0824. The van der Waals surface area contributed by atoms with Gasteiger partial charge in [0.15, 0.2) is 12.2 Å². The summed E-state index contributed by atoms with van der Waals surface area (Å²) in [5.74, 6) is -2.19. The van der Waals surface area contributed by atoms with Crippen molar-refractivity contribution in [3.05, 3.63) is 72.9 Å². The Morgan fingerprint density at radius 1 is 0.302 bits per heavy atom. The molecule has 0 aromatic heterocycles. The molecule has 0 aromatic rings. The molecular weight excluding hydrogens is 1260 g/mol. The fraction of sp³-hybridized carbons (Fsp3) is 0.792. The Balaban J connectivity index is 5.32. The van der Waals surface area contributed by atoms with Gasteiger partial charge in [-0.1, -0.05) is 274 Å². The van der Waals surface area contributed by atoms with E-state index < -0.39 is 97.5 Å². The number of carbonyl (C=O) groups is 4. The number of unbranched alkanes of at least 4 members (excludes halogenated alkanes) is 34. The molecular formula is C77H138O17P2. The highest BCUT2D eigenvalue weighted by Gasteiger charge is 2.30. The number of aliphatic hydroxyl groups is 1. The van der Waals surface area contributed by atoms with E-state index in [9.17, 15) is 43.2 Å². The number of hydrogen-bond acceptors (Lipinski definition) is 15. The van der Waals surface area contributed by atoms with E-state index in [0.29, 0.717) is 25.7 Å². The van der Waals surface area contributed by atoms with Crippen molar-refractivity contribution in [2.75, 3.05) is 39.6 Å². The largest absolute Gasteiger partial charge is 0.472 e. The van der Waals surface area contributed by atoms with Crippen LogP contribution in [0, 0.1) is 0 Å². The second-order valence-electron chi connectivity index (χ2n) is 25.6. The maximum atomic E-state index is 13.1. The van der Waals surface area contributed by atoms with Gasteiger partial charge in [-0.05, 0) is 109 Å². The maximum Gasteiger partial charge on any atom is 0.472 e. The number of allylic oxidation sites excluding steroid dienone is 12. The molecule has 17 nitrogen and oxygen atoms in total. The molecule has 0 spiro atoms. The number of rotatable bonds is 72. The third kappa shape index (κ3) is 69.0. The van der Waals surface area contributed by atoms with Crippen LogP contribution in [0.5, 0.6) is 0 Å². The lowest BCUT2D eigenvalue weighted by Crippen LogP contribution is -2.30. The average molecular weight is 1400 g/mol. The quantitative estimate of drug-likeness (QED) is 0.0169. The summed E-state index contributed by atoms with van der Waals surface area (Å²) < 4.78 is 68.4. The fourth-order valence-electron chi connectivity index (χ4n) is 10.3. The summed E-state index contributed by atoms with van der Waals surface area (Å²) in [4.78, 5) is 72.8. The van der Waals surface area contributed by atoms with Gasteiger partial charge in [0, 0.05) is 25.7 Å². The number of carbonyl (C=O) groups excluding carboxylic acids is 4. The molecule has 0 heterocycles. The lowest BCUT2D eigenvalue weighted by atomic mass is 10.0. The van der Waals surface area contributed by atoms with E-state index in [0.717, 1.165) is 161 Å². The van der Waals surface area contributed by atoms with Crippen LogP contribution < -0.4 is 0 Å². The molecule has 0 bridgehead atoms.